The zero-order valence-electron chi connectivity index (χ0n) is 10.0. The quantitative estimate of drug-likeness (QED) is 0.633. The fraction of sp³-hybridized carbons (Fsp3) is 0.231. The molecule has 0 saturated carbocycles. The lowest BCUT2D eigenvalue weighted by molar-refractivity contribution is 1.03. The molecule has 0 saturated heterocycles. The zero-order valence-corrected chi connectivity index (χ0v) is 10.0. The van der Waals surface area contributed by atoms with E-state index in [0.29, 0.717) is 5.82 Å². The van der Waals surface area contributed by atoms with E-state index in [9.17, 15) is 0 Å². The van der Waals surface area contributed by atoms with Gasteiger partial charge in [-0.25, -0.2) is 0 Å². The first-order valence-electron chi connectivity index (χ1n) is 5.23. The van der Waals surface area contributed by atoms with Gasteiger partial charge in [0.1, 0.15) is 18.0 Å². The summed E-state index contributed by atoms with van der Waals surface area (Å²) in [6, 6.07) is 9.86. The van der Waals surface area contributed by atoms with Gasteiger partial charge in [-0.2, -0.15) is 10.5 Å². The van der Waals surface area contributed by atoms with Crippen molar-refractivity contribution in [1.29, 1.82) is 10.5 Å². The van der Waals surface area contributed by atoms with Gasteiger partial charge < -0.3 is 9.80 Å². The van der Waals surface area contributed by atoms with Crippen LogP contribution in [0.1, 0.15) is 5.56 Å². The van der Waals surface area contributed by atoms with Crippen molar-refractivity contribution in [3.63, 3.8) is 0 Å². The lowest BCUT2D eigenvalue weighted by Crippen LogP contribution is -2.23. The van der Waals surface area contributed by atoms with Gasteiger partial charge in [0.05, 0.1) is 11.4 Å². The number of benzene rings is 1. The lowest BCUT2D eigenvalue weighted by atomic mass is 10.1. The number of fused-ring (bicyclic) bond motifs is 1. The van der Waals surface area contributed by atoms with Crippen molar-refractivity contribution < 1.29 is 0 Å². The van der Waals surface area contributed by atoms with Crippen molar-refractivity contribution in [3.8, 4) is 12.1 Å². The summed E-state index contributed by atoms with van der Waals surface area (Å²) in [6.45, 7) is 2.02. The molecule has 4 nitrogen and oxygen atoms in total. The van der Waals surface area contributed by atoms with Gasteiger partial charge in [-0.3, -0.25) is 0 Å². The number of nitriles is 2. The maximum Gasteiger partial charge on any atom is 0.170 e. The fourth-order valence-electron chi connectivity index (χ4n) is 2.26. The van der Waals surface area contributed by atoms with Gasteiger partial charge in [-0.05, 0) is 18.6 Å². The van der Waals surface area contributed by atoms with E-state index in [1.54, 1.807) is 0 Å². The van der Waals surface area contributed by atoms with Gasteiger partial charge in [0.25, 0.3) is 0 Å². The van der Waals surface area contributed by atoms with E-state index in [0.717, 1.165) is 16.9 Å². The number of allylic oxidation sites excluding steroid dienone is 1. The number of hydrogen-bond donors (Lipinski definition) is 0. The van der Waals surface area contributed by atoms with Gasteiger partial charge in [-0.1, -0.05) is 12.1 Å². The SMILES string of the molecule is Cc1cccc2c1N(C)C(=C(C#N)C#N)N2C. The fourth-order valence-corrected chi connectivity index (χ4v) is 2.26. The monoisotopic (exact) mass is 224 g/mol. The average molecular weight is 224 g/mol. The Morgan fingerprint density at radius 3 is 2.29 bits per heavy atom. The predicted octanol–water partition coefficient (Wildman–Crippen LogP) is 2.14. The Kier molecular flexibility index (Phi) is 2.49. The van der Waals surface area contributed by atoms with Crippen molar-refractivity contribution in [2.45, 2.75) is 6.92 Å². The van der Waals surface area contributed by atoms with Crippen LogP contribution in [-0.4, -0.2) is 14.1 Å². The molecule has 17 heavy (non-hydrogen) atoms. The number of anilines is 2. The molecule has 4 heteroatoms. The molecule has 2 rings (SSSR count). The first-order chi connectivity index (χ1) is 8.11. The molecule has 0 aromatic heterocycles. The third-order valence-corrected chi connectivity index (χ3v) is 3.00. The smallest absolute Gasteiger partial charge is 0.170 e. The van der Waals surface area contributed by atoms with Crippen LogP contribution in [0.2, 0.25) is 0 Å². The normalized spacial score (nSPS) is 13.1. The minimum atomic E-state index is 0.130. The van der Waals surface area contributed by atoms with E-state index in [1.807, 2.05) is 61.2 Å². The Balaban J connectivity index is 2.71. The first-order valence-corrected chi connectivity index (χ1v) is 5.23. The van der Waals surface area contributed by atoms with Gasteiger partial charge in [-0.15, -0.1) is 0 Å². The molecular weight excluding hydrogens is 212 g/mol. The molecular formula is C13H12N4. The maximum absolute atomic E-state index is 8.99. The lowest BCUT2D eigenvalue weighted by Gasteiger charge is -2.18. The summed E-state index contributed by atoms with van der Waals surface area (Å²) in [6.07, 6.45) is 0. The Hall–Kier alpha value is -2.46. The molecule has 1 aromatic rings. The van der Waals surface area contributed by atoms with E-state index in [4.69, 9.17) is 10.5 Å². The zero-order chi connectivity index (χ0) is 12.6. The number of aryl methyl sites for hydroxylation is 1. The second kappa shape index (κ2) is 3.84. The Morgan fingerprint density at radius 1 is 1.12 bits per heavy atom. The standard InChI is InChI=1S/C13H12N4/c1-9-5-4-6-11-12(9)17(3)13(16(11)2)10(7-14)8-15/h4-6H,1-3H3. The van der Waals surface area contributed by atoms with E-state index in [-0.39, 0.29) is 5.57 Å². The Bertz CT molecular complexity index is 570. The topological polar surface area (TPSA) is 54.1 Å². The van der Waals surface area contributed by atoms with Gasteiger partial charge >= 0.3 is 0 Å². The Labute approximate surface area is 101 Å². The van der Waals surface area contributed by atoms with Crippen LogP contribution in [0.15, 0.2) is 29.6 Å². The molecule has 0 bridgehead atoms. The second-order valence-corrected chi connectivity index (χ2v) is 3.98. The van der Waals surface area contributed by atoms with E-state index < -0.39 is 0 Å². The van der Waals surface area contributed by atoms with Crippen LogP contribution in [0.4, 0.5) is 11.4 Å². The van der Waals surface area contributed by atoms with Crippen LogP contribution in [0.3, 0.4) is 0 Å². The third-order valence-electron chi connectivity index (χ3n) is 3.00. The first kappa shape index (κ1) is 11.0. The van der Waals surface area contributed by atoms with Crippen LogP contribution < -0.4 is 9.80 Å². The minimum Gasteiger partial charge on any atom is -0.327 e. The molecule has 0 unspecified atom stereocenters. The molecule has 1 aliphatic rings. The molecule has 0 amide bonds. The summed E-state index contributed by atoms with van der Waals surface area (Å²) < 4.78 is 0. The van der Waals surface area contributed by atoms with E-state index in [1.165, 1.54) is 0 Å². The highest BCUT2D eigenvalue weighted by atomic mass is 15.4. The van der Waals surface area contributed by atoms with Crippen molar-refractivity contribution in [2.75, 3.05) is 23.9 Å². The third kappa shape index (κ3) is 1.43. The van der Waals surface area contributed by atoms with Crippen LogP contribution in [0.25, 0.3) is 0 Å². The molecule has 0 radical (unpaired) electrons. The Morgan fingerprint density at radius 2 is 1.76 bits per heavy atom. The molecule has 0 fully saturated rings. The van der Waals surface area contributed by atoms with Crippen LogP contribution in [0.5, 0.6) is 0 Å². The van der Waals surface area contributed by atoms with Crippen molar-refractivity contribution in [1.82, 2.24) is 0 Å². The highest BCUT2D eigenvalue weighted by Gasteiger charge is 2.30. The van der Waals surface area contributed by atoms with Crippen LogP contribution in [0, 0.1) is 29.6 Å². The molecule has 0 atom stereocenters. The van der Waals surface area contributed by atoms with Gasteiger partial charge in [0, 0.05) is 14.1 Å². The van der Waals surface area contributed by atoms with Crippen molar-refractivity contribution >= 4 is 11.4 Å². The van der Waals surface area contributed by atoms with Crippen LogP contribution >= 0.6 is 0 Å². The summed E-state index contributed by atoms with van der Waals surface area (Å²) in [5, 5.41) is 18.0. The van der Waals surface area contributed by atoms with Crippen molar-refractivity contribution in [2.24, 2.45) is 0 Å². The number of rotatable bonds is 0. The predicted molar refractivity (Wildman–Crippen MR) is 66.2 cm³/mol. The highest BCUT2D eigenvalue weighted by molar-refractivity contribution is 5.85. The second-order valence-electron chi connectivity index (χ2n) is 3.98. The van der Waals surface area contributed by atoms with E-state index >= 15 is 0 Å². The number of nitrogens with zero attached hydrogens (tertiary/aromatic N) is 4. The summed E-state index contributed by atoms with van der Waals surface area (Å²) in [7, 11) is 3.74. The molecule has 1 heterocycles. The van der Waals surface area contributed by atoms with Gasteiger partial charge in [0.15, 0.2) is 5.57 Å². The molecule has 84 valence electrons. The number of hydrogen-bond acceptors (Lipinski definition) is 4. The summed E-state index contributed by atoms with van der Waals surface area (Å²) in [4.78, 5) is 3.77. The maximum atomic E-state index is 8.99. The summed E-state index contributed by atoms with van der Waals surface area (Å²) in [5.74, 6) is 0.638. The highest BCUT2D eigenvalue weighted by Crippen LogP contribution is 2.42. The number of para-hydroxylation sites is 1. The largest absolute Gasteiger partial charge is 0.327 e. The summed E-state index contributed by atoms with van der Waals surface area (Å²) >= 11 is 0. The molecule has 1 aromatic carbocycles. The molecule has 1 aliphatic heterocycles. The van der Waals surface area contributed by atoms with E-state index in [2.05, 4.69) is 0 Å². The average Bonchev–Trinajstić information content (AvgIpc) is 2.57. The van der Waals surface area contributed by atoms with Gasteiger partial charge in [0.2, 0.25) is 0 Å². The molecule has 0 aliphatic carbocycles. The minimum absolute atomic E-state index is 0.130. The van der Waals surface area contributed by atoms with Crippen LogP contribution in [-0.2, 0) is 0 Å². The molecule has 0 N–H and O–H groups in total. The summed E-state index contributed by atoms with van der Waals surface area (Å²) in [5.41, 5.74) is 3.33. The van der Waals surface area contributed by atoms with Crippen molar-refractivity contribution in [3.05, 3.63) is 35.2 Å². The molecule has 0 spiro atoms.